The van der Waals surface area contributed by atoms with E-state index in [-0.39, 0.29) is 11.5 Å². The quantitative estimate of drug-likeness (QED) is 0.766. The Hall–Kier alpha value is -1.32. The standard InChI is InChI=1S/C10H17N3O/c1-4-5-7-8(11)12-9(6(2)3)13-10(7)14/h6H,4-5H2,1-3H3,(H3,11,12,13,14). The van der Waals surface area contributed by atoms with Crippen molar-refractivity contribution in [2.75, 3.05) is 5.73 Å². The molecule has 0 saturated heterocycles. The minimum absolute atomic E-state index is 0.0944. The summed E-state index contributed by atoms with van der Waals surface area (Å²) in [5, 5.41) is 0. The molecule has 3 N–H and O–H groups in total. The minimum Gasteiger partial charge on any atom is -0.383 e. The van der Waals surface area contributed by atoms with Crippen LogP contribution in [0.25, 0.3) is 0 Å². The van der Waals surface area contributed by atoms with Crippen molar-refractivity contribution in [2.45, 2.75) is 39.5 Å². The van der Waals surface area contributed by atoms with Crippen LogP contribution in [0.3, 0.4) is 0 Å². The Kier molecular flexibility index (Phi) is 3.28. The molecule has 0 fully saturated rings. The fourth-order valence-electron chi connectivity index (χ4n) is 1.30. The van der Waals surface area contributed by atoms with Gasteiger partial charge < -0.3 is 10.7 Å². The lowest BCUT2D eigenvalue weighted by molar-refractivity contribution is 0.757. The third kappa shape index (κ3) is 2.13. The number of nitrogen functional groups attached to an aromatic ring is 1. The molecule has 0 unspecified atom stereocenters. The molecule has 1 rings (SSSR count). The third-order valence-electron chi connectivity index (χ3n) is 2.11. The Bertz CT molecular complexity index is 368. The average molecular weight is 195 g/mol. The van der Waals surface area contributed by atoms with Gasteiger partial charge in [-0.2, -0.15) is 0 Å². The summed E-state index contributed by atoms with van der Waals surface area (Å²) in [6, 6.07) is 0. The Labute approximate surface area is 83.6 Å². The zero-order valence-electron chi connectivity index (χ0n) is 8.92. The molecule has 1 aromatic heterocycles. The molecule has 4 heteroatoms. The van der Waals surface area contributed by atoms with Crippen molar-refractivity contribution in [3.8, 4) is 0 Å². The summed E-state index contributed by atoms with van der Waals surface area (Å²) in [6.07, 6.45) is 1.59. The van der Waals surface area contributed by atoms with E-state index in [1.165, 1.54) is 0 Å². The summed E-state index contributed by atoms with van der Waals surface area (Å²) >= 11 is 0. The van der Waals surface area contributed by atoms with E-state index >= 15 is 0 Å². The van der Waals surface area contributed by atoms with E-state index in [4.69, 9.17) is 5.73 Å². The van der Waals surface area contributed by atoms with E-state index in [2.05, 4.69) is 9.97 Å². The molecule has 78 valence electrons. The van der Waals surface area contributed by atoms with E-state index in [1.54, 1.807) is 0 Å². The van der Waals surface area contributed by atoms with Crippen LogP contribution in [0, 0.1) is 0 Å². The molecule has 0 atom stereocenters. The summed E-state index contributed by atoms with van der Waals surface area (Å²) < 4.78 is 0. The summed E-state index contributed by atoms with van der Waals surface area (Å²) in [7, 11) is 0. The van der Waals surface area contributed by atoms with Gasteiger partial charge in [0.25, 0.3) is 5.56 Å². The molecule has 0 aliphatic carbocycles. The highest BCUT2D eigenvalue weighted by Crippen LogP contribution is 2.11. The van der Waals surface area contributed by atoms with Gasteiger partial charge in [0.2, 0.25) is 0 Å². The maximum Gasteiger partial charge on any atom is 0.256 e. The maximum absolute atomic E-state index is 11.6. The van der Waals surface area contributed by atoms with Crippen LogP contribution in [0.4, 0.5) is 5.82 Å². The monoisotopic (exact) mass is 195 g/mol. The minimum atomic E-state index is -0.0944. The van der Waals surface area contributed by atoms with Gasteiger partial charge in [-0.3, -0.25) is 4.79 Å². The number of nitrogens with zero attached hydrogens (tertiary/aromatic N) is 1. The Balaban J connectivity index is 3.18. The first kappa shape index (κ1) is 10.8. The average Bonchev–Trinajstić information content (AvgIpc) is 2.10. The van der Waals surface area contributed by atoms with Crippen molar-refractivity contribution in [3.05, 3.63) is 21.7 Å². The van der Waals surface area contributed by atoms with Gasteiger partial charge in [-0.15, -0.1) is 0 Å². The van der Waals surface area contributed by atoms with Gasteiger partial charge in [0.15, 0.2) is 0 Å². The Morgan fingerprint density at radius 2 is 2.14 bits per heavy atom. The molecule has 0 spiro atoms. The predicted molar refractivity (Wildman–Crippen MR) is 57.4 cm³/mol. The maximum atomic E-state index is 11.6. The van der Waals surface area contributed by atoms with Crippen molar-refractivity contribution in [1.29, 1.82) is 0 Å². The van der Waals surface area contributed by atoms with Crippen molar-refractivity contribution >= 4 is 5.82 Å². The predicted octanol–water partition coefficient (Wildman–Crippen LogP) is 1.43. The molecule has 0 aliphatic heterocycles. The Morgan fingerprint density at radius 3 is 2.57 bits per heavy atom. The van der Waals surface area contributed by atoms with Gasteiger partial charge in [0.1, 0.15) is 11.6 Å². The summed E-state index contributed by atoms with van der Waals surface area (Å²) in [6.45, 7) is 5.95. The normalized spacial score (nSPS) is 10.9. The van der Waals surface area contributed by atoms with Crippen LogP contribution in [0.15, 0.2) is 4.79 Å². The first-order valence-electron chi connectivity index (χ1n) is 4.94. The van der Waals surface area contributed by atoms with Crippen LogP contribution in [-0.4, -0.2) is 9.97 Å². The molecule has 0 aliphatic rings. The summed E-state index contributed by atoms with van der Waals surface area (Å²) in [5.41, 5.74) is 6.23. The van der Waals surface area contributed by atoms with Gasteiger partial charge in [-0.25, -0.2) is 4.98 Å². The number of hydrogen-bond acceptors (Lipinski definition) is 3. The van der Waals surface area contributed by atoms with Gasteiger partial charge in [0.05, 0.1) is 5.56 Å². The number of hydrogen-bond donors (Lipinski definition) is 2. The first-order valence-corrected chi connectivity index (χ1v) is 4.94. The second-order valence-corrected chi connectivity index (χ2v) is 3.72. The van der Waals surface area contributed by atoms with Crippen LogP contribution in [-0.2, 0) is 6.42 Å². The highest BCUT2D eigenvalue weighted by atomic mass is 16.1. The third-order valence-corrected chi connectivity index (χ3v) is 2.11. The van der Waals surface area contributed by atoms with E-state index in [9.17, 15) is 4.79 Å². The van der Waals surface area contributed by atoms with Gasteiger partial charge in [-0.1, -0.05) is 27.2 Å². The van der Waals surface area contributed by atoms with Crippen LogP contribution >= 0.6 is 0 Å². The van der Waals surface area contributed by atoms with E-state index < -0.39 is 0 Å². The summed E-state index contributed by atoms with van der Waals surface area (Å²) in [4.78, 5) is 18.5. The molecule has 1 heterocycles. The van der Waals surface area contributed by atoms with Gasteiger partial charge in [0, 0.05) is 5.92 Å². The van der Waals surface area contributed by atoms with Crippen molar-refractivity contribution < 1.29 is 0 Å². The van der Waals surface area contributed by atoms with Gasteiger partial charge in [-0.05, 0) is 6.42 Å². The molecule has 0 saturated carbocycles. The zero-order chi connectivity index (χ0) is 10.7. The fraction of sp³-hybridized carbons (Fsp3) is 0.600. The number of aromatic amines is 1. The number of anilines is 1. The number of nitrogens with two attached hydrogens (primary N) is 1. The zero-order valence-corrected chi connectivity index (χ0v) is 8.92. The molecular formula is C10H17N3O. The molecule has 14 heavy (non-hydrogen) atoms. The van der Waals surface area contributed by atoms with Crippen molar-refractivity contribution in [2.24, 2.45) is 0 Å². The number of H-pyrrole nitrogens is 1. The number of aromatic nitrogens is 2. The molecule has 0 bridgehead atoms. The van der Waals surface area contributed by atoms with Crippen molar-refractivity contribution in [1.82, 2.24) is 9.97 Å². The molecule has 0 radical (unpaired) electrons. The van der Waals surface area contributed by atoms with E-state index in [1.807, 2.05) is 20.8 Å². The lowest BCUT2D eigenvalue weighted by Gasteiger charge is -2.07. The lowest BCUT2D eigenvalue weighted by atomic mass is 10.1. The highest BCUT2D eigenvalue weighted by molar-refractivity contribution is 5.37. The van der Waals surface area contributed by atoms with Crippen LogP contribution in [0.2, 0.25) is 0 Å². The molecule has 0 aromatic carbocycles. The highest BCUT2D eigenvalue weighted by Gasteiger charge is 2.09. The second-order valence-electron chi connectivity index (χ2n) is 3.72. The smallest absolute Gasteiger partial charge is 0.256 e. The lowest BCUT2D eigenvalue weighted by Crippen LogP contribution is -2.20. The number of rotatable bonds is 3. The molecular weight excluding hydrogens is 178 g/mol. The summed E-state index contributed by atoms with van der Waals surface area (Å²) in [5.74, 6) is 1.23. The Morgan fingerprint density at radius 1 is 1.50 bits per heavy atom. The molecule has 1 aromatic rings. The van der Waals surface area contributed by atoms with Crippen molar-refractivity contribution in [3.63, 3.8) is 0 Å². The fourth-order valence-corrected chi connectivity index (χ4v) is 1.30. The largest absolute Gasteiger partial charge is 0.383 e. The second kappa shape index (κ2) is 4.26. The topological polar surface area (TPSA) is 71.8 Å². The van der Waals surface area contributed by atoms with Crippen LogP contribution in [0.1, 0.15) is 44.5 Å². The number of nitrogens with one attached hydrogen (secondary N) is 1. The SMILES string of the molecule is CCCc1c(N)nc(C(C)C)[nH]c1=O. The van der Waals surface area contributed by atoms with Crippen LogP contribution < -0.4 is 11.3 Å². The van der Waals surface area contributed by atoms with E-state index in [0.717, 1.165) is 6.42 Å². The molecule has 4 nitrogen and oxygen atoms in total. The van der Waals surface area contributed by atoms with Gasteiger partial charge >= 0.3 is 0 Å². The molecule has 0 amide bonds. The van der Waals surface area contributed by atoms with Crippen LogP contribution in [0.5, 0.6) is 0 Å². The first-order chi connectivity index (χ1) is 6.56. The van der Waals surface area contributed by atoms with E-state index in [0.29, 0.717) is 23.6 Å².